The first kappa shape index (κ1) is 19.9. The van der Waals surface area contributed by atoms with Crippen LogP contribution < -0.4 is 20.9 Å². The van der Waals surface area contributed by atoms with E-state index in [0.29, 0.717) is 28.1 Å². The number of halogens is 1. The highest BCUT2D eigenvalue weighted by Crippen LogP contribution is 2.24. The monoisotopic (exact) mass is 393 g/mol. The Balaban J connectivity index is 0.00000243. The molecule has 0 bridgehead atoms. The van der Waals surface area contributed by atoms with Gasteiger partial charge in [-0.2, -0.15) is 18.5 Å². The van der Waals surface area contributed by atoms with Crippen molar-refractivity contribution in [3.63, 3.8) is 0 Å². The van der Waals surface area contributed by atoms with Crippen LogP contribution in [0.5, 0.6) is 5.75 Å². The van der Waals surface area contributed by atoms with Gasteiger partial charge in [-0.25, -0.2) is 4.98 Å². The minimum absolute atomic E-state index is 0. The third-order valence-electron chi connectivity index (χ3n) is 3.86. The maximum atomic E-state index is 12.4. The van der Waals surface area contributed by atoms with Gasteiger partial charge in [-0.3, -0.25) is 4.79 Å². The Morgan fingerprint density at radius 1 is 1.31 bits per heavy atom. The number of methoxy groups -OCH3 is 1. The van der Waals surface area contributed by atoms with E-state index < -0.39 is 0 Å². The number of rotatable bonds is 5. The Morgan fingerprint density at radius 2 is 2.08 bits per heavy atom. The molecular formula is C17H20ClN5O2S. The van der Waals surface area contributed by atoms with Crippen LogP contribution in [0.15, 0.2) is 35.3 Å². The van der Waals surface area contributed by atoms with Crippen LogP contribution in [0.25, 0.3) is 10.9 Å². The van der Waals surface area contributed by atoms with Crippen LogP contribution in [-0.4, -0.2) is 29.1 Å². The highest BCUT2D eigenvalue weighted by Gasteiger charge is 2.14. The van der Waals surface area contributed by atoms with E-state index in [0.717, 1.165) is 10.9 Å². The van der Waals surface area contributed by atoms with Crippen molar-refractivity contribution in [2.45, 2.75) is 13.0 Å². The van der Waals surface area contributed by atoms with E-state index in [4.69, 9.17) is 16.3 Å². The number of pyridine rings is 1. The Bertz CT molecular complexity index is 979. The molecule has 1 aromatic carbocycles. The largest absolute Gasteiger partial charge is 0.491 e. The van der Waals surface area contributed by atoms with Crippen LogP contribution in [-0.2, 0) is 0 Å². The minimum Gasteiger partial charge on any atom is -0.491 e. The quantitative estimate of drug-likeness (QED) is 0.616. The number of benzene rings is 1. The number of aromatic nitrogens is 3. The lowest BCUT2D eigenvalue weighted by Gasteiger charge is -2.15. The first-order valence-electron chi connectivity index (χ1n) is 7.69. The van der Waals surface area contributed by atoms with Crippen LogP contribution in [0.3, 0.4) is 0 Å². The molecule has 0 saturated heterocycles. The third kappa shape index (κ3) is 4.03. The average molecular weight is 394 g/mol. The Kier molecular flexibility index (Phi) is 6.33. The number of H-pyrrole nitrogens is 1. The Labute approximate surface area is 162 Å². The smallest absolute Gasteiger partial charge is 0.253 e. The molecule has 3 N–H and O–H groups in total. The Hall–Kier alpha value is -2.45. The number of hydrogen-bond acceptors (Lipinski definition) is 6. The number of ether oxygens (including phenoxy) is 1. The topological polar surface area (TPSA) is 91.9 Å². The second kappa shape index (κ2) is 8.29. The molecule has 7 nitrogen and oxygen atoms in total. The second-order valence-corrected chi connectivity index (χ2v) is 5.95. The van der Waals surface area contributed by atoms with Crippen molar-refractivity contribution in [1.82, 2.24) is 15.0 Å². The number of nitrogens with one attached hydrogen (secondary N) is 3. The zero-order chi connectivity index (χ0) is 18.0. The van der Waals surface area contributed by atoms with E-state index in [9.17, 15) is 4.79 Å². The van der Waals surface area contributed by atoms with Crippen molar-refractivity contribution in [1.29, 1.82) is 0 Å². The van der Waals surface area contributed by atoms with E-state index in [1.54, 1.807) is 32.5 Å². The summed E-state index contributed by atoms with van der Waals surface area (Å²) in [5.74, 6) is 1.49. The summed E-state index contributed by atoms with van der Waals surface area (Å²) in [4.78, 5) is 23.8. The molecule has 0 aliphatic heterocycles. The molecule has 0 unspecified atom stereocenters. The molecule has 26 heavy (non-hydrogen) atoms. The van der Waals surface area contributed by atoms with Crippen LogP contribution in [0.1, 0.15) is 18.5 Å². The molecular weight excluding hydrogens is 374 g/mol. The lowest BCUT2D eigenvalue weighted by atomic mass is 10.1. The molecule has 0 amide bonds. The lowest BCUT2D eigenvalue weighted by Crippen LogP contribution is -2.20. The first-order chi connectivity index (χ1) is 12.0. The van der Waals surface area contributed by atoms with Gasteiger partial charge in [0.2, 0.25) is 5.95 Å². The molecule has 0 radical (unpaired) electrons. The lowest BCUT2D eigenvalue weighted by molar-refractivity contribution is 0.413. The van der Waals surface area contributed by atoms with Gasteiger partial charge in [0.15, 0.2) is 11.6 Å². The van der Waals surface area contributed by atoms with Crippen molar-refractivity contribution < 1.29 is 4.74 Å². The molecule has 138 valence electrons. The number of hydrogen-bond donors (Lipinski definition) is 3. The van der Waals surface area contributed by atoms with Gasteiger partial charge in [-0.15, -0.1) is 0 Å². The average Bonchev–Trinajstić information content (AvgIpc) is 2.61. The fourth-order valence-corrected chi connectivity index (χ4v) is 2.74. The second-order valence-electron chi connectivity index (χ2n) is 5.51. The van der Waals surface area contributed by atoms with Crippen LogP contribution >= 0.6 is 25.1 Å². The summed E-state index contributed by atoms with van der Waals surface area (Å²) in [5, 5.41) is 7.55. The maximum Gasteiger partial charge on any atom is 0.253 e. The number of anilines is 2. The molecule has 0 fully saturated rings. The van der Waals surface area contributed by atoms with E-state index in [1.807, 2.05) is 19.1 Å². The van der Waals surface area contributed by atoms with Gasteiger partial charge in [0.1, 0.15) is 0 Å². The molecule has 0 saturated carbocycles. The molecule has 9 heteroatoms. The first-order valence-corrected chi connectivity index (χ1v) is 8.07. The predicted octanol–water partition coefficient (Wildman–Crippen LogP) is 3.31. The van der Waals surface area contributed by atoms with E-state index in [2.05, 4.69) is 25.6 Å². The van der Waals surface area contributed by atoms with Crippen LogP contribution in [0.4, 0.5) is 11.8 Å². The summed E-state index contributed by atoms with van der Waals surface area (Å²) in [6.45, 7) is 1.87. The molecule has 2 aromatic heterocycles. The fourth-order valence-electron chi connectivity index (χ4n) is 2.56. The van der Waals surface area contributed by atoms with Gasteiger partial charge in [-0.1, -0.05) is 11.6 Å². The SMILES string of the molecule is CNc1nc(N[C@@H](C)c2cc3cc(Cl)ccc3[nH]c2=O)ncc1OC.S. The number of fused-ring (bicyclic) bond motifs is 1. The van der Waals surface area contributed by atoms with E-state index >= 15 is 0 Å². The predicted molar refractivity (Wildman–Crippen MR) is 110 cm³/mol. The highest BCUT2D eigenvalue weighted by molar-refractivity contribution is 7.59. The third-order valence-corrected chi connectivity index (χ3v) is 4.09. The zero-order valence-corrected chi connectivity index (χ0v) is 16.3. The molecule has 3 rings (SSSR count). The van der Waals surface area contributed by atoms with Crippen LogP contribution in [0.2, 0.25) is 5.02 Å². The summed E-state index contributed by atoms with van der Waals surface area (Å²) in [7, 11) is 3.30. The van der Waals surface area contributed by atoms with E-state index in [-0.39, 0.29) is 25.1 Å². The number of aromatic amines is 1. The standard InChI is InChI=1S/C17H18ClN5O2.H2S/c1-9(21-17-20-8-14(25-3)15(19-2)23-17)12-7-10-6-11(18)4-5-13(10)22-16(12)24;/h4-9H,1-3H3,(H,22,24)(H2,19,20,21,23);1H2/t9-;/m0./s1. The fraction of sp³-hybridized carbons (Fsp3) is 0.235. The zero-order valence-electron chi connectivity index (χ0n) is 14.6. The van der Waals surface area contributed by atoms with Crippen LogP contribution in [0, 0.1) is 0 Å². The van der Waals surface area contributed by atoms with Gasteiger partial charge < -0.3 is 20.4 Å². The molecule has 0 spiro atoms. The highest BCUT2D eigenvalue weighted by atomic mass is 35.5. The molecule has 0 aliphatic rings. The van der Waals surface area contributed by atoms with Gasteiger partial charge in [0.05, 0.1) is 19.3 Å². The molecule has 0 aliphatic carbocycles. The van der Waals surface area contributed by atoms with Crippen molar-refractivity contribution >= 4 is 47.8 Å². The van der Waals surface area contributed by atoms with Gasteiger partial charge in [-0.05, 0) is 31.2 Å². The summed E-state index contributed by atoms with van der Waals surface area (Å²) < 4.78 is 5.18. The summed E-state index contributed by atoms with van der Waals surface area (Å²) in [6, 6.07) is 6.86. The minimum atomic E-state index is -0.301. The molecule has 3 aromatic rings. The molecule has 1 atom stereocenters. The Morgan fingerprint density at radius 3 is 2.77 bits per heavy atom. The van der Waals surface area contributed by atoms with Gasteiger partial charge >= 0.3 is 0 Å². The normalized spacial score (nSPS) is 11.5. The van der Waals surface area contributed by atoms with E-state index in [1.165, 1.54) is 0 Å². The summed E-state index contributed by atoms with van der Waals surface area (Å²) >= 11 is 6.04. The van der Waals surface area contributed by atoms with Gasteiger partial charge in [0.25, 0.3) is 5.56 Å². The van der Waals surface area contributed by atoms with Crippen molar-refractivity contribution in [3.8, 4) is 5.75 Å². The number of nitrogens with zero attached hydrogens (tertiary/aromatic N) is 2. The maximum absolute atomic E-state index is 12.4. The summed E-state index contributed by atoms with van der Waals surface area (Å²) in [6.07, 6.45) is 1.57. The summed E-state index contributed by atoms with van der Waals surface area (Å²) in [5.41, 5.74) is 1.14. The van der Waals surface area contributed by atoms with Gasteiger partial charge in [0, 0.05) is 28.5 Å². The van der Waals surface area contributed by atoms with Crippen molar-refractivity contribution in [2.75, 3.05) is 24.8 Å². The molecule has 2 heterocycles. The van der Waals surface area contributed by atoms with Crippen molar-refractivity contribution in [3.05, 3.63) is 51.4 Å². The van der Waals surface area contributed by atoms with Crippen molar-refractivity contribution in [2.24, 2.45) is 0 Å².